The molecule has 164 valence electrons. The normalized spacial score (nSPS) is 23.6. The van der Waals surface area contributed by atoms with Crippen LogP contribution in [0.25, 0.3) is 0 Å². The Morgan fingerprint density at radius 3 is 2.63 bits per heavy atom. The fraction of sp³-hybridized carbons (Fsp3) is 0.667. The summed E-state index contributed by atoms with van der Waals surface area (Å²) in [5, 5.41) is 2.98. The summed E-state index contributed by atoms with van der Waals surface area (Å²) in [4.78, 5) is 29.2. The number of piperidine rings is 1. The van der Waals surface area contributed by atoms with E-state index in [4.69, 9.17) is 4.74 Å². The van der Waals surface area contributed by atoms with E-state index in [1.54, 1.807) is 0 Å². The molecular weight excluding hydrogens is 378 g/mol. The molecule has 0 spiro atoms. The van der Waals surface area contributed by atoms with Crippen LogP contribution in [0, 0.1) is 18.8 Å². The summed E-state index contributed by atoms with van der Waals surface area (Å²) in [5.74, 6) is 1.61. The van der Waals surface area contributed by atoms with E-state index < -0.39 is 0 Å². The van der Waals surface area contributed by atoms with Gasteiger partial charge in [-0.3, -0.25) is 9.59 Å². The molecule has 1 aliphatic carbocycles. The highest BCUT2D eigenvalue weighted by atomic mass is 16.5. The standard InChI is InChI=1S/C24H35N3O3/c1-18-3-2-4-21(11-18)12-23(28)25-13-22-16-27(24(29)17-30-22)15-20-7-9-26(10-8-20)14-19-5-6-19/h2-4,11,19-20,22H,5-10,12-17H2,1H3,(H,25,28). The smallest absolute Gasteiger partial charge is 0.248 e. The Morgan fingerprint density at radius 1 is 1.13 bits per heavy atom. The summed E-state index contributed by atoms with van der Waals surface area (Å²) in [6.45, 7) is 7.61. The lowest BCUT2D eigenvalue weighted by atomic mass is 9.95. The van der Waals surface area contributed by atoms with E-state index in [0.29, 0.717) is 25.4 Å². The van der Waals surface area contributed by atoms with Gasteiger partial charge in [0.1, 0.15) is 6.61 Å². The molecule has 6 nitrogen and oxygen atoms in total. The number of morpholine rings is 1. The van der Waals surface area contributed by atoms with Gasteiger partial charge < -0.3 is 19.9 Å². The third-order valence-electron chi connectivity index (χ3n) is 6.59. The summed E-state index contributed by atoms with van der Waals surface area (Å²) in [5.41, 5.74) is 2.17. The number of carbonyl (C=O) groups is 2. The molecule has 0 bridgehead atoms. The highest BCUT2D eigenvalue weighted by molar-refractivity contribution is 5.79. The van der Waals surface area contributed by atoms with E-state index in [-0.39, 0.29) is 24.5 Å². The van der Waals surface area contributed by atoms with Gasteiger partial charge in [0.15, 0.2) is 0 Å². The van der Waals surface area contributed by atoms with Gasteiger partial charge >= 0.3 is 0 Å². The van der Waals surface area contributed by atoms with E-state index in [0.717, 1.165) is 36.7 Å². The van der Waals surface area contributed by atoms with Gasteiger partial charge in [-0.1, -0.05) is 29.8 Å². The van der Waals surface area contributed by atoms with Crippen LogP contribution in [-0.4, -0.2) is 73.6 Å². The summed E-state index contributed by atoms with van der Waals surface area (Å²) >= 11 is 0. The molecule has 1 atom stereocenters. The minimum absolute atomic E-state index is 0.00400. The molecule has 1 aromatic carbocycles. The molecule has 2 heterocycles. The van der Waals surface area contributed by atoms with Crippen LogP contribution in [0.15, 0.2) is 24.3 Å². The second kappa shape index (κ2) is 9.92. The van der Waals surface area contributed by atoms with Crippen molar-refractivity contribution in [3.63, 3.8) is 0 Å². The monoisotopic (exact) mass is 413 g/mol. The molecule has 6 heteroatoms. The number of aryl methyl sites for hydroxylation is 1. The van der Waals surface area contributed by atoms with Crippen molar-refractivity contribution >= 4 is 11.8 Å². The lowest BCUT2D eigenvalue weighted by Gasteiger charge is -2.38. The number of benzene rings is 1. The zero-order valence-corrected chi connectivity index (χ0v) is 18.1. The number of hydrogen-bond donors (Lipinski definition) is 1. The van der Waals surface area contributed by atoms with Crippen molar-refractivity contribution in [2.45, 2.75) is 45.1 Å². The number of hydrogen-bond acceptors (Lipinski definition) is 4. The molecule has 0 radical (unpaired) electrons. The molecule has 2 saturated heterocycles. The van der Waals surface area contributed by atoms with E-state index in [9.17, 15) is 9.59 Å². The highest BCUT2D eigenvalue weighted by Crippen LogP contribution is 2.31. The van der Waals surface area contributed by atoms with Gasteiger partial charge in [-0.15, -0.1) is 0 Å². The van der Waals surface area contributed by atoms with Crippen LogP contribution >= 0.6 is 0 Å². The minimum Gasteiger partial charge on any atom is -0.365 e. The van der Waals surface area contributed by atoms with Crippen LogP contribution in [0.2, 0.25) is 0 Å². The zero-order chi connectivity index (χ0) is 20.9. The Bertz CT molecular complexity index is 741. The lowest BCUT2D eigenvalue weighted by Crippen LogP contribution is -2.52. The molecule has 0 aromatic heterocycles. The second-order valence-corrected chi connectivity index (χ2v) is 9.39. The second-order valence-electron chi connectivity index (χ2n) is 9.39. The van der Waals surface area contributed by atoms with Crippen LogP contribution in [0.3, 0.4) is 0 Å². The van der Waals surface area contributed by atoms with Crippen molar-refractivity contribution in [3.8, 4) is 0 Å². The first-order valence-corrected chi connectivity index (χ1v) is 11.5. The predicted octanol–water partition coefficient (Wildman–Crippen LogP) is 2.00. The Labute approximate surface area is 179 Å². The van der Waals surface area contributed by atoms with Gasteiger partial charge in [0, 0.05) is 26.2 Å². The van der Waals surface area contributed by atoms with E-state index in [1.807, 2.05) is 36.1 Å². The minimum atomic E-state index is -0.126. The molecule has 1 saturated carbocycles. The summed E-state index contributed by atoms with van der Waals surface area (Å²) in [6.07, 6.45) is 5.41. The van der Waals surface area contributed by atoms with Gasteiger partial charge in [-0.25, -0.2) is 0 Å². The molecular formula is C24H35N3O3. The summed E-state index contributed by atoms with van der Waals surface area (Å²) in [7, 11) is 0. The van der Waals surface area contributed by atoms with Gasteiger partial charge in [0.25, 0.3) is 0 Å². The Morgan fingerprint density at radius 2 is 1.90 bits per heavy atom. The van der Waals surface area contributed by atoms with Crippen LogP contribution in [0.4, 0.5) is 0 Å². The van der Waals surface area contributed by atoms with Crippen molar-refractivity contribution in [1.29, 1.82) is 0 Å². The number of nitrogens with one attached hydrogen (secondary N) is 1. The SMILES string of the molecule is Cc1cccc(CC(=O)NCC2CN(CC3CCN(CC4CC4)CC3)C(=O)CO2)c1. The fourth-order valence-electron chi connectivity index (χ4n) is 4.61. The predicted molar refractivity (Wildman–Crippen MR) is 116 cm³/mol. The molecule has 1 aromatic rings. The zero-order valence-electron chi connectivity index (χ0n) is 18.1. The first-order valence-electron chi connectivity index (χ1n) is 11.5. The number of ether oxygens (including phenoxy) is 1. The number of nitrogens with zero attached hydrogens (tertiary/aromatic N) is 2. The van der Waals surface area contributed by atoms with Gasteiger partial charge in [0.05, 0.1) is 12.5 Å². The first kappa shape index (κ1) is 21.3. The quantitative estimate of drug-likeness (QED) is 0.708. The van der Waals surface area contributed by atoms with Crippen molar-refractivity contribution in [2.75, 3.05) is 45.9 Å². The maximum Gasteiger partial charge on any atom is 0.248 e. The molecule has 1 N–H and O–H groups in total. The van der Waals surface area contributed by atoms with Gasteiger partial charge in [-0.2, -0.15) is 0 Å². The summed E-state index contributed by atoms with van der Waals surface area (Å²) in [6, 6.07) is 8.01. The van der Waals surface area contributed by atoms with Crippen molar-refractivity contribution in [2.24, 2.45) is 11.8 Å². The average molecular weight is 414 g/mol. The van der Waals surface area contributed by atoms with E-state index in [1.165, 1.54) is 32.2 Å². The van der Waals surface area contributed by atoms with Crippen molar-refractivity contribution in [1.82, 2.24) is 15.1 Å². The van der Waals surface area contributed by atoms with Crippen LogP contribution in [-0.2, 0) is 20.7 Å². The van der Waals surface area contributed by atoms with Gasteiger partial charge in [-0.05, 0) is 63.1 Å². The molecule has 3 aliphatic rings. The molecule has 30 heavy (non-hydrogen) atoms. The maximum absolute atomic E-state index is 12.3. The average Bonchev–Trinajstić information content (AvgIpc) is 3.54. The summed E-state index contributed by atoms with van der Waals surface area (Å²) < 4.78 is 5.68. The van der Waals surface area contributed by atoms with E-state index >= 15 is 0 Å². The third kappa shape index (κ3) is 6.29. The number of carbonyl (C=O) groups excluding carboxylic acids is 2. The first-order chi connectivity index (χ1) is 14.5. The molecule has 2 aliphatic heterocycles. The maximum atomic E-state index is 12.3. The number of likely N-dealkylation sites (tertiary alicyclic amines) is 1. The van der Waals surface area contributed by atoms with E-state index in [2.05, 4.69) is 10.2 Å². The van der Waals surface area contributed by atoms with Crippen molar-refractivity contribution in [3.05, 3.63) is 35.4 Å². The fourth-order valence-corrected chi connectivity index (χ4v) is 4.61. The Kier molecular flexibility index (Phi) is 7.05. The van der Waals surface area contributed by atoms with Crippen molar-refractivity contribution < 1.29 is 14.3 Å². The van der Waals surface area contributed by atoms with Crippen LogP contribution < -0.4 is 5.32 Å². The Hall–Kier alpha value is -1.92. The largest absolute Gasteiger partial charge is 0.365 e. The lowest BCUT2D eigenvalue weighted by molar-refractivity contribution is -0.150. The topological polar surface area (TPSA) is 61.9 Å². The van der Waals surface area contributed by atoms with Crippen LogP contribution in [0.5, 0.6) is 0 Å². The number of amides is 2. The highest BCUT2D eigenvalue weighted by Gasteiger charge is 2.31. The molecule has 2 amide bonds. The third-order valence-corrected chi connectivity index (χ3v) is 6.59. The van der Waals surface area contributed by atoms with Crippen LogP contribution in [0.1, 0.15) is 36.8 Å². The molecule has 3 fully saturated rings. The molecule has 4 rings (SSSR count). The number of rotatable bonds is 8. The molecule has 1 unspecified atom stereocenters. The Balaban J connectivity index is 1.18. The van der Waals surface area contributed by atoms with Gasteiger partial charge in [0.2, 0.25) is 11.8 Å².